The number of hydrogen-bond donors (Lipinski definition) is 1. The molecule has 2 fully saturated rings. The molecule has 1 unspecified atom stereocenters. The van der Waals surface area contributed by atoms with Crippen molar-refractivity contribution in [1.29, 1.82) is 0 Å². The first-order valence-corrected chi connectivity index (χ1v) is 8.37. The molecule has 1 heterocycles. The second kappa shape index (κ2) is 7.59. The summed E-state index contributed by atoms with van der Waals surface area (Å²) in [5, 5.41) is 4.35. The molecule has 0 aromatic heterocycles. The summed E-state index contributed by atoms with van der Waals surface area (Å²) >= 11 is 6.12. The third-order valence-corrected chi connectivity index (χ3v) is 4.50. The van der Waals surface area contributed by atoms with Crippen molar-refractivity contribution >= 4 is 11.6 Å². The van der Waals surface area contributed by atoms with Crippen molar-refractivity contribution < 1.29 is 9.47 Å². The van der Waals surface area contributed by atoms with Crippen LogP contribution < -0.4 is 5.32 Å². The summed E-state index contributed by atoms with van der Waals surface area (Å²) in [6, 6.07) is 8.73. The van der Waals surface area contributed by atoms with Crippen LogP contribution >= 0.6 is 11.6 Å². The molecule has 1 aromatic rings. The lowest BCUT2D eigenvalue weighted by Gasteiger charge is -2.25. The van der Waals surface area contributed by atoms with Crippen molar-refractivity contribution in [2.75, 3.05) is 26.4 Å². The maximum absolute atomic E-state index is 6.22. The van der Waals surface area contributed by atoms with Gasteiger partial charge < -0.3 is 14.8 Å². The van der Waals surface area contributed by atoms with Gasteiger partial charge in [-0.3, -0.25) is 0 Å². The molecule has 1 saturated carbocycles. The van der Waals surface area contributed by atoms with Gasteiger partial charge in [0.25, 0.3) is 0 Å². The molecule has 3 nitrogen and oxygen atoms in total. The van der Waals surface area contributed by atoms with Gasteiger partial charge in [-0.2, -0.15) is 0 Å². The van der Waals surface area contributed by atoms with E-state index in [9.17, 15) is 0 Å². The van der Waals surface area contributed by atoms with Crippen LogP contribution in [0.15, 0.2) is 24.3 Å². The molecule has 21 heavy (non-hydrogen) atoms. The van der Waals surface area contributed by atoms with Crippen LogP contribution in [0.25, 0.3) is 0 Å². The van der Waals surface area contributed by atoms with Crippen LogP contribution in [-0.2, 0) is 9.47 Å². The van der Waals surface area contributed by atoms with Gasteiger partial charge in [0.1, 0.15) is 0 Å². The quantitative estimate of drug-likeness (QED) is 0.835. The molecule has 0 bridgehead atoms. The molecule has 1 saturated heterocycles. The van der Waals surface area contributed by atoms with Crippen molar-refractivity contribution in [3.8, 4) is 0 Å². The summed E-state index contributed by atoms with van der Waals surface area (Å²) in [5.74, 6) is 0.626. The number of hydrogen-bond acceptors (Lipinski definition) is 3. The summed E-state index contributed by atoms with van der Waals surface area (Å²) in [4.78, 5) is 0. The van der Waals surface area contributed by atoms with Crippen LogP contribution in [0.1, 0.15) is 37.4 Å². The molecule has 3 rings (SSSR count). The normalized spacial score (nSPS) is 21.4. The zero-order valence-corrected chi connectivity index (χ0v) is 13.1. The molecule has 1 atom stereocenters. The monoisotopic (exact) mass is 309 g/mol. The van der Waals surface area contributed by atoms with Crippen LogP contribution in [0.5, 0.6) is 0 Å². The minimum absolute atomic E-state index is 0.0899. The molecule has 2 aliphatic rings. The van der Waals surface area contributed by atoms with Gasteiger partial charge >= 0.3 is 0 Å². The Morgan fingerprint density at radius 3 is 2.76 bits per heavy atom. The van der Waals surface area contributed by atoms with E-state index in [4.69, 9.17) is 21.1 Å². The summed E-state index contributed by atoms with van der Waals surface area (Å²) < 4.78 is 11.6. The van der Waals surface area contributed by atoms with Crippen molar-refractivity contribution in [3.05, 3.63) is 34.9 Å². The number of rotatable bonds is 7. The third kappa shape index (κ3) is 4.96. The van der Waals surface area contributed by atoms with E-state index < -0.39 is 0 Å². The Kier molecular flexibility index (Phi) is 5.53. The standard InChI is InChI=1S/C17H24ClNO2/c18-15-3-1-2-14(10-15)17(11-19-16-4-5-16)21-12-13-6-8-20-9-7-13/h1-3,10,13,16-17,19H,4-9,11-12H2. The zero-order valence-electron chi connectivity index (χ0n) is 12.4. The SMILES string of the molecule is Clc1cccc(C(CNC2CC2)OCC2CCOCC2)c1. The van der Waals surface area contributed by atoms with E-state index in [0.717, 1.165) is 44.2 Å². The topological polar surface area (TPSA) is 30.5 Å². The first-order chi connectivity index (χ1) is 10.3. The van der Waals surface area contributed by atoms with Crippen molar-refractivity contribution in [2.24, 2.45) is 5.92 Å². The fraction of sp³-hybridized carbons (Fsp3) is 0.647. The predicted octanol–water partition coefficient (Wildman–Crippen LogP) is 3.58. The number of halogens is 1. The molecule has 1 N–H and O–H groups in total. The van der Waals surface area contributed by atoms with Crippen LogP contribution in [0.4, 0.5) is 0 Å². The van der Waals surface area contributed by atoms with Crippen molar-refractivity contribution in [1.82, 2.24) is 5.32 Å². The predicted molar refractivity (Wildman–Crippen MR) is 84.7 cm³/mol. The van der Waals surface area contributed by atoms with E-state index in [-0.39, 0.29) is 6.10 Å². The minimum Gasteiger partial charge on any atom is -0.381 e. The summed E-state index contributed by atoms with van der Waals surface area (Å²) in [5.41, 5.74) is 1.17. The van der Waals surface area contributed by atoms with Gasteiger partial charge in [-0.05, 0) is 49.3 Å². The maximum Gasteiger partial charge on any atom is 0.0949 e. The van der Waals surface area contributed by atoms with Gasteiger partial charge in [0, 0.05) is 30.8 Å². The number of benzene rings is 1. The molecular formula is C17H24ClNO2. The van der Waals surface area contributed by atoms with E-state index in [1.807, 2.05) is 18.2 Å². The molecule has 0 amide bonds. The van der Waals surface area contributed by atoms with Gasteiger partial charge in [0.15, 0.2) is 0 Å². The van der Waals surface area contributed by atoms with Gasteiger partial charge in [-0.1, -0.05) is 23.7 Å². The van der Waals surface area contributed by atoms with Gasteiger partial charge in [0.05, 0.1) is 12.7 Å². The average Bonchev–Trinajstić information content (AvgIpc) is 3.32. The lowest BCUT2D eigenvalue weighted by atomic mass is 10.0. The highest BCUT2D eigenvalue weighted by Crippen LogP contribution is 2.25. The Morgan fingerprint density at radius 2 is 2.05 bits per heavy atom. The van der Waals surface area contributed by atoms with Crippen LogP contribution in [-0.4, -0.2) is 32.4 Å². The molecule has 4 heteroatoms. The van der Waals surface area contributed by atoms with E-state index >= 15 is 0 Å². The summed E-state index contributed by atoms with van der Waals surface area (Å²) in [6.45, 7) is 3.42. The van der Waals surface area contributed by atoms with Gasteiger partial charge in [-0.15, -0.1) is 0 Å². The third-order valence-electron chi connectivity index (χ3n) is 4.26. The number of ether oxygens (including phenoxy) is 2. The maximum atomic E-state index is 6.22. The first kappa shape index (κ1) is 15.3. The average molecular weight is 310 g/mol. The Morgan fingerprint density at radius 1 is 1.24 bits per heavy atom. The van der Waals surface area contributed by atoms with E-state index in [0.29, 0.717) is 12.0 Å². The summed E-state index contributed by atoms with van der Waals surface area (Å²) in [7, 11) is 0. The minimum atomic E-state index is 0.0899. The Labute approximate surface area is 132 Å². The second-order valence-electron chi connectivity index (χ2n) is 6.12. The van der Waals surface area contributed by atoms with Gasteiger partial charge in [-0.25, -0.2) is 0 Å². The van der Waals surface area contributed by atoms with E-state index in [2.05, 4.69) is 11.4 Å². The second-order valence-corrected chi connectivity index (χ2v) is 6.55. The van der Waals surface area contributed by atoms with Crippen molar-refractivity contribution in [3.63, 3.8) is 0 Å². The smallest absolute Gasteiger partial charge is 0.0949 e. The molecule has 116 valence electrons. The largest absolute Gasteiger partial charge is 0.381 e. The molecular weight excluding hydrogens is 286 g/mol. The van der Waals surface area contributed by atoms with Crippen molar-refractivity contribution in [2.45, 2.75) is 37.8 Å². The lowest BCUT2D eigenvalue weighted by molar-refractivity contribution is -0.0115. The fourth-order valence-corrected chi connectivity index (χ4v) is 2.91. The number of nitrogens with one attached hydrogen (secondary N) is 1. The van der Waals surface area contributed by atoms with E-state index in [1.165, 1.54) is 18.4 Å². The molecule has 1 aromatic carbocycles. The van der Waals surface area contributed by atoms with Gasteiger partial charge in [0.2, 0.25) is 0 Å². The highest BCUT2D eigenvalue weighted by molar-refractivity contribution is 6.30. The Hall–Kier alpha value is -0.610. The Balaban J connectivity index is 1.57. The molecule has 1 aliphatic heterocycles. The van der Waals surface area contributed by atoms with Crippen LogP contribution in [0.3, 0.4) is 0 Å². The molecule has 0 radical (unpaired) electrons. The fourth-order valence-electron chi connectivity index (χ4n) is 2.71. The lowest BCUT2D eigenvalue weighted by Crippen LogP contribution is -2.28. The molecule has 1 aliphatic carbocycles. The highest BCUT2D eigenvalue weighted by atomic mass is 35.5. The Bertz CT molecular complexity index is 444. The highest BCUT2D eigenvalue weighted by Gasteiger charge is 2.24. The first-order valence-electron chi connectivity index (χ1n) is 7.99. The van der Waals surface area contributed by atoms with Crippen LogP contribution in [0.2, 0.25) is 5.02 Å². The zero-order chi connectivity index (χ0) is 14.5. The molecule has 0 spiro atoms. The van der Waals surface area contributed by atoms with E-state index in [1.54, 1.807) is 0 Å². The van der Waals surface area contributed by atoms with Crippen LogP contribution in [0, 0.1) is 5.92 Å². The summed E-state index contributed by atoms with van der Waals surface area (Å²) in [6.07, 6.45) is 4.90.